The standard InChI is InChI=1S/C14H17N5/c1-11-5-6-14(18-13(11)8-15)16-7-3-4-12-9-17-19(2)10-12/h5-6,9-10H,3-4,7H2,1-2H3,(H,16,18). The summed E-state index contributed by atoms with van der Waals surface area (Å²) in [6, 6.07) is 5.91. The Balaban J connectivity index is 1.81. The van der Waals surface area contributed by atoms with Crippen molar-refractivity contribution in [1.82, 2.24) is 14.8 Å². The maximum absolute atomic E-state index is 8.92. The zero-order chi connectivity index (χ0) is 13.7. The van der Waals surface area contributed by atoms with Gasteiger partial charge in [-0.2, -0.15) is 10.4 Å². The van der Waals surface area contributed by atoms with E-state index < -0.39 is 0 Å². The number of anilines is 1. The summed E-state index contributed by atoms with van der Waals surface area (Å²) in [5, 5.41) is 16.3. The minimum Gasteiger partial charge on any atom is -0.370 e. The lowest BCUT2D eigenvalue weighted by Crippen LogP contribution is -2.05. The summed E-state index contributed by atoms with van der Waals surface area (Å²) in [6.45, 7) is 2.72. The van der Waals surface area contributed by atoms with E-state index in [0.29, 0.717) is 5.69 Å². The van der Waals surface area contributed by atoms with Gasteiger partial charge in [-0.15, -0.1) is 0 Å². The Morgan fingerprint density at radius 2 is 2.26 bits per heavy atom. The maximum atomic E-state index is 8.92. The first kappa shape index (κ1) is 13.1. The number of aromatic nitrogens is 3. The quantitative estimate of drug-likeness (QED) is 0.830. The highest BCUT2D eigenvalue weighted by molar-refractivity contribution is 5.42. The van der Waals surface area contributed by atoms with Crippen molar-refractivity contribution in [2.24, 2.45) is 7.05 Å². The first-order chi connectivity index (χ1) is 9.19. The fourth-order valence-electron chi connectivity index (χ4n) is 1.85. The lowest BCUT2D eigenvalue weighted by atomic mass is 10.2. The van der Waals surface area contributed by atoms with Gasteiger partial charge in [0, 0.05) is 19.8 Å². The molecule has 0 atom stereocenters. The van der Waals surface area contributed by atoms with Gasteiger partial charge in [0.25, 0.3) is 0 Å². The zero-order valence-corrected chi connectivity index (χ0v) is 11.2. The molecule has 2 aromatic heterocycles. The summed E-state index contributed by atoms with van der Waals surface area (Å²) in [5.41, 5.74) is 2.62. The Hall–Kier alpha value is -2.35. The highest BCUT2D eigenvalue weighted by atomic mass is 15.2. The van der Waals surface area contributed by atoms with Crippen LogP contribution in [0.5, 0.6) is 0 Å². The SMILES string of the molecule is Cc1ccc(NCCCc2cnn(C)c2)nc1C#N. The average molecular weight is 255 g/mol. The van der Waals surface area contributed by atoms with E-state index in [4.69, 9.17) is 5.26 Å². The fourth-order valence-corrected chi connectivity index (χ4v) is 1.85. The van der Waals surface area contributed by atoms with E-state index in [2.05, 4.69) is 21.5 Å². The summed E-state index contributed by atoms with van der Waals surface area (Å²) < 4.78 is 1.81. The Labute approximate surface area is 112 Å². The Kier molecular flexibility index (Phi) is 4.14. The molecule has 19 heavy (non-hydrogen) atoms. The average Bonchev–Trinajstić information content (AvgIpc) is 2.82. The van der Waals surface area contributed by atoms with Gasteiger partial charge in [-0.25, -0.2) is 4.98 Å². The monoisotopic (exact) mass is 255 g/mol. The van der Waals surface area contributed by atoms with Crippen LogP contribution >= 0.6 is 0 Å². The Morgan fingerprint density at radius 3 is 2.95 bits per heavy atom. The van der Waals surface area contributed by atoms with Gasteiger partial charge in [-0.1, -0.05) is 6.07 Å². The molecule has 2 aromatic rings. The van der Waals surface area contributed by atoms with Crippen LogP contribution < -0.4 is 5.32 Å². The van der Waals surface area contributed by atoms with E-state index in [1.807, 2.05) is 43.2 Å². The summed E-state index contributed by atoms with van der Waals surface area (Å²) in [6.07, 6.45) is 5.90. The van der Waals surface area contributed by atoms with Gasteiger partial charge in [0.2, 0.25) is 0 Å². The molecular formula is C14H17N5. The van der Waals surface area contributed by atoms with Crippen LogP contribution in [0.1, 0.15) is 23.2 Å². The molecule has 98 valence electrons. The molecule has 0 fully saturated rings. The Bertz CT molecular complexity index is 594. The number of rotatable bonds is 5. The van der Waals surface area contributed by atoms with Crippen molar-refractivity contribution in [1.29, 1.82) is 5.26 Å². The second kappa shape index (κ2) is 6.01. The smallest absolute Gasteiger partial charge is 0.145 e. The van der Waals surface area contributed by atoms with E-state index in [0.717, 1.165) is 30.8 Å². The minimum atomic E-state index is 0.484. The summed E-state index contributed by atoms with van der Waals surface area (Å²) in [7, 11) is 1.92. The van der Waals surface area contributed by atoms with Gasteiger partial charge in [0.05, 0.1) is 6.20 Å². The summed E-state index contributed by atoms with van der Waals surface area (Å²) in [5.74, 6) is 0.758. The van der Waals surface area contributed by atoms with Gasteiger partial charge in [0.15, 0.2) is 0 Å². The van der Waals surface area contributed by atoms with Gasteiger partial charge >= 0.3 is 0 Å². The van der Waals surface area contributed by atoms with Crippen LogP contribution in [0.25, 0.3) is 0 Å². The van der Waals surface area contributed by atoms with E-state index in [9.17, 15) is 0 Å². The zero-order valence-electron chi connectivity index (χ0n) is 11.2. The Morgan fingerprint density at radius 1 is 1.42 bits per heavy atom. The number of pyridine rings is 1. The van der Waals surface area contributed by atoms with Crippen molar-refractivity contribution < 1.29 is 0 Å². The van der Waals surface area contributed by atoms with Crippen molar-refractivity contribution >= 4 is 5.82 Å². The number of hydrogen-bond donors (Lipinski definition) is 1. The third-order valence-electron chi connectivity index (χ3n) is 2.91. The molecule has 0 radical (unpaired) electrons. The third kappa shape index (κ3) is 3.55. The van der Waals surface area contributed by atoms with Crippen LogP contribution in [0.3, 0.4) is 0 Å². The van der Waals surface area contributed by atoms with E-state index in [1.165, 1.54) is 5.56 Å². The lowest BCUT2D eigenvalue weighted by molar-refractivity contribution is 0.765. The molecule has 0 aliphatic heterocycles. The highest BCUT2D eigenvalue weighted by Crippen LogP contribution is 2.09. The summed E-state index contributed by atoms with van der Waals surface area (Å²) in [4.78, 5) is 4.25. The number of nitrogens with zero attached hydrogens (tertiary/aromatic N) is 4. The topological polar surface area (TPSA) is 66.5 Å². The van der Waals surface area contributed by atoms with E-state index in [-0.39, 0.29) is 0 Å². The first-order valence-corrected chi connectivity index (χ1v) is 6.28. The van der Waals surface area contributed by atoms with Gasteiger partial charge < -0.3 is 5.32 Å². The van der Waals surface area contributed by atoms with Gasteiger partial charge in [-0.3, -0.25) is 4.68 Å². The molecule has 0 unspecified atom stereocenters. The molecule has 0 amide bonds. The molecule has 0 saturated heterocycles. The van der Waals surface area contributed by atoms with Crippen molar-refractivity contribution in [2.75, 3.05) is 11.9 Å². The van der Waals surface area contributed by atoms with Crippen LogP contribution in [0.4, 0.5) is 5.82 Å². The van der Waals surface area contributed by atoms with E-state index in [1.54, 1.807) is 0 Å². The predicted octanol–water partition coefficient (Wildman–Crippen LogP) is 2.04. The first-order valence-electron chi connectivity index (χ1n) is 6.28. The normalized spacial score (nSPS) is 10.2. The highest BCUT2D eigenvalue weighted by Gasteiger charge is 2.01. The second-order valence-corrected chi connectivity index (χ2v) is 4.53. The van der Waals surface area contributed by atoms with Gasteiger partial charge in [-0.05, 0) is 37.0 Å². The molecular weight excluding hydrogens is 238 g/mol. The largest absolute Gasteiger partial charge is 0.370 e. The maximum Gasteiger partial charge on any atom is 0.145 e. The van der Waals surface area contributed by atoms with Crippen molar-refractivity contribution in [3.63, 3.8) is 0 Å². The molecule has 0 aromatic carbocycles. The van der Waals surface area contributed by atoms with Crippen LogP contribution in [0.15, 0.2) is 24.5 Å². The number of hydrogen-bond acceptors (Lipinski definition) is 4. The molecule has 2 heterocycles. The molecule has 5 heteroatoms. The lowest BCUT2D eigenvalue weighted by Gasteiger charge is -2.06. The second-order valence-electron chi connectivity index (χ2n) is 4.53. The van der Waals surface area contributed by atoms with Crippen molar-refractivity contribution in [3.05, 3.63) is 41.3 Å². The van der Waals surface area contributed by atoms with Crippen LogP contribution in [-0.4, -0.2) is 21.3 Å². The molecule has 1 N–H and O–H groups in total. The number of nitriles is 1. The van der Waals surface area contributed by atoms with Crippen LogP contribution in [-0.2, 0) is 13.5 Å². The molecule has 0 saturated carbocycles. The van der Waals surface area contributed by atoms with Crippen LogP contribution in [0.2, 0.25) is 0 Å². The third-order valence-corrected chi connectivity index (χ3v) is 2.91. The van der Waals surface area contributed by atoms with Gasteiger partial charge in [0.1, 0.15) is 17.6 Å². The van der Waals surface area contributed by atoms with Crippen molar-refractivity contribution in [3.8, 4) is 6.07 Å². The van der Waals surface area contributed by atoms with E-state index >= 15 is 0 Å². The van der Waals surface area contributed by atoms with Crippen LogP contribution in [0, 0.1) is 18.3 Å². The molecule has 0 aliphatic carbocycles. The fraction of sp³-hybridized carbons (Fsp3) is 0.357. The molecule has 0 aliphatic rings. The molecule has 0 bridgehead atoms. The number of aryl methyl sites for hydroxylation is 3. The number of nitrogens with one attached hydrogen (secondary N) is 1. The predicted molar refractivity (Wildman–Crippen MR) is 73.7 cm³/mol. The van der Waals surface area contributed by atoms with Crippen molar-refractivity contribution in [2.45, 2.75) is 19.8 Å². The summed E-state index contributed by atoms with van der Waals surface area (Å²) >= 11 is 0. The molecule has 0 spiro atoms. The molecule has 5 nitrogen and oxygen atoms in total. The minimum absolute atomic E-state index is 0.484. The molecule has 2 rings (SSSR count).